The Morgan fingerprint density at radius 3 is 2.70 bits per heavy atom. The van der Waals surface area contributed by atoms with Crippen LogP contribution in [0.2, 0.25) is 0 Å². The van der Waals surface area contributed by atoms with Gasteiger partial charge >= 0.3 is 5.97 Å². The minimum Gasteiger partial charge on any atom is -0.481 e. The molecule has 0 spiro atoms. The van der Waals surface area contributed by atoms with E-state index in [0.717, 1.165) is 37.3 Å². The fraction of sp³-hybridized carbons (Fsp3) is 0.583. The Hall–Kier alpha value is -0.960. The fourth-order valence-corrected chi connectivity index (χ4v) is 4.82. The number of sulfonamides is 1. The van der Waals surface area contributed by atoms with Crippen LogP contribution in [0.1, 0.15) is 17.7 Å². The number of carboxylic acids is 1. The molecule has 20 heavy (non-hydrogen) atoms. The lowest BCUT2D eigenvalue weighted by atomic mass is 10.1. The maximum Gasteiger partial charge on any atom is 0.308 e. The standard InChI is InChI=1S/C12H18N2O4S2/c1-14-6-4-9(5-7-14)13-20(17,18)12-3-2-10(19-12)8-11(15)16/h2-3,9,13H,4-8H2,1H3,(H,15,16). The smallest absolute Gasteiger partial charge is 0.308 e. The van der Waals surface area contributed by atoms with Gasteiger partial charge in [-0.05, 0) is 45.1 Å². The van der Waals surface area contributed by atoms with Crippen LogP contribution in [0, 0.1) is 0 Å². The Kier molecular flexibility index (Phi) is 4.79. The number of thiophene rings is 1. The summed E-state index contributed by atoms with van der Waals surface area (Å²) in [7, 11) is -1.52. The first-order chi connectivity index (χ1) is 9.37. The van der Waals surface area contributed by atoms with Crippen molar-refractivity contribution in [3.63, 3.8) is 0 Å². The third kappa shape index (κ3) is 4.02. The summed E-state index contributed by atoms with van der Waals surface area (Å²) in [5.74, 6) is -0.959. The molecule has 6 nitrogen and oxygen atoms in total. The maximum atomic E-state index is 12.2. The molecule has 2 rings (SSSR count). The van der Waals surface area contributed by atoms with Gasteiger partial charge in [0, 0.05) is 10.9 Å². The Balaban J connectivity index is 2.02. The molecule has 0 radical (unpaired) electrons. The molecule has 1 aliphatic rings. The Bertz CT molecular complexity index is 574. The average Bonchev–Trinajstić information content (AvgIpc) is 2.80. The molecular weight excluding hydrogens is 300 g/mol. The van der Waals surface area contributed by atoms with Gasteiger partial charge < -0.3 is 10.0 Å². The fourth-order valence-electron chi connectivity index (χ4n) is 2.15. The normalized spacial score (nSPS) is 18.2. The van der Waals surface area contributed by atoms with E-state index in [4.69, 9.17) is 5.11 Å². The van der Waals surface area contributed by atoms with E-state index in [0.29, 0.717) is 4.88 Å². The number of aliphatic carboxylic acids is 1. The average molecular weight is 318 g/mol. The van der Waals surface area contributed by atoms with Crippen LogP contribution in [0.4, 0.5) is 0 Å². The second kappa shape index (κ2) is 6.21. The van der Waals surface area contributed by atoms with Crippen molar-refractivity contribution in [2.45, 2.75) is 29.5 Å². The van der Waals surface area contributed by atoms with Crippen molar-refractivity contribution in [1.82, 2.24) is 9.62 Å². The Morgan fingerprint density at radius 1 is 1.45 bits per heavy atom. The molecular formula is C12H18N2O4S2. The number of hydrogen-bond donors (Lipinski definition) is 2. The predicted octanol–water partition coefficient (Wildman–Crippen LogP) is 0.748. The quantitative estimate of drug-likeness (QED) is 0.836. The van der Waals surface area contributed by atoms with Crippen LogP contribution >= 0.6 is 11.3 Å². The Morgan fingerprint density at radius 2 is 2.10 bits per heavy atom. The number of hydrogen-bond acceptors (Lipinski definition) is 5. The molecule has 0 bridgehead atoms. The molecule has 8 heteroatoms. The molecule has 0 aromatic carbocycles. The minimum atomic E-state index is -3.54. The van der Waals surface area contributed by atoms with Crippen molar-refractivity contribution in [2.24, 2.45) is 0 Å². The molecule has 2 N–H and O–H groups in total. The summed E-state index contributed by atoms with van der Waals surface area (Å²) in [5.41, 5.74) is 0. The van der Waals surface area contributed by atoms with Crippen molar-refractivity contribution in [3.05, 3.63) is 17.0 Å². The largest absolute Gasteiger partial charge is 0.481 e. The van der Waals surface area contributed by atoms with E-state index in [9.17, 15) is 13.2 Å². The number of likely N-dealkylation sites (tertiary alicyclic amines) is 1. The van der Waals surface area contributed by atoms with Crippen molar-refractivity contribution >= 4 is 27.3 Å². The van der Waals surface area contributed by atoms with Gasteiger partial charge in [-0.1, -0.05) is 0 Å². The number of rotatable bonds is 5. The van der Waals surface area contributed by atoms with Crippen LogP contribution in [-0.4, -0.2) is 50.6 Å². The maximum absolute atomic E-state index is 12.2. The van der Waals surface area contributed by atoms with Crippen LogP contribution in [-0.2, 0) is 21.2 Å². The van der Waals surface area contributed by atoms with E-state index in [1.54, 1.807) is 6.07 Å². The third-order valence-corrected chi connectivity index (χ3v) is 6.37. The number of carboxylic acid groups (broad SMARTS) is 1. The van der Waals surface area contributed by atoms with E-state index in [-0.39, 0.29) is 16.7 Å². The van der Waals surface area contributed by atoms with E-state index < -0.39 is 16.0 Å². The van der Waals surface area contributed by atoms with Gasteiger partial charge in [-0.2, -0.15) is 0 Å². The molecule has 112 valence electrons. The lowest BCUT2D eigenvalue weighted by Gasteiger charge is -2.29. The van der Waals surface area contributed by atoms with Gasteiger partial charge in [0.05, 0.1) is 6.42 Å². The second-order valence-electron chi connectivity index (χ2n) is 4.99. The zero-order valence-electron chi connectivity index (χ0n) is 11.2. The van der Waals surface area contributed by atoms with E-state index >= 15 is 0 Å². The van der Waals surface area contributed by atoms with Crippen molar-refractivity contribution in [3.8, 4) is 0 Å². The topological polar surface area (TPSA) is 86.7 Å². The summed E-state index contributed by atoms with van der Waals surface area (Å²) in [5, 5.41) is 8.70. The summed E-state index contributed by atoms with van der Waals surface area (Å²) in [6.07, 6.45) is 1.45. The van der Waals surface area contributed by atoms with Gasteiger partial charge in [0.2, 0.25) is 10.0 Å². The predicted molar refractivity (Wildman–Crippen MR) is 76.5 cm³/mol. The highest BCUT2D eigenvalue weighted by molar-refractivity contribution is 7.91. The summed E-state index contributed by atoms with van der Waals surface area (Å²) >= 11 is 1.02. The summed E-state index contributed by atoms with van der Waals surface area (Å²) in [6, 6.07) is 2.99. The minimum absolute atomic E-state index is 0.0405. The highest BCUT2D eigenvalue weighted by atomic mass is 32.2. The SMILES string of the molecule is CN1CCC(NS(=O)(=O)c2ccc(CC(=O)O)s2)CC1. The Labute approximate surface area is 122 Å². The van der Waals surface area contributed by atoms with Gasteiger partial charge in [-0.25, -0.2) is 13.1 Å². The molecule has 0 aliphatic carbocycles. The zero-order valence-corrected chi connectivity index (χ0v) is 12.8. The van der Waals surface area contributed by atoms with Crippen LogP contribution < -0.4 is 4.72 Å². The van der Waals surface area contributed by atoms with Gasteiger partial charge in [-0.15, -0.1) is 11.3 Å². The van der Waals surface area contributed by atoms with Gasteiger partial charge in [0.25, 0.3) is 0 Å². The first kappa shape index (κ1) is 15.4. The van der Waals surface area contributed by atoms with Gasteiger partial charge in [0.15, 0.2) is 0 Å². The lowest BCUT2D eigenvalue weighted by molar-refractivity contribution is -0.136. The summed E-state index contributed by atoms with van der Waals surface area (Å²) in [6.45, 7) is 1.75. The van der Waals surface area contributed by atoms with Crippen LogP contribution in [0.5, 0.6) is 0 Å². The molecule has 1 aromatic heterocycles. The highest BCUT2D eigenvalue weighted by Gasteiger charge is 2.24. The van der Waals surface area contributed by atoms with Crippen LogP contribution in [0.25, 0.3) is 0 Å². The van der Waals surface area contributed by atoms with Crippen LogP contribution in [0.3, 0.4) is 0 Å². The molecule has 0 amide bonds. The van der Waals surface area contributed by atoms with E-state index in [1.165, 1.54) is 6.07 Å². The molecule has 0 atom stereocenters. The lowest BCUT2D eigenvalue weighted by Crippen LogP contribution is -2.43. The van der Waals surface area contributed by atoms with Crippen molar-refractivity contribution in [2.75, 3.05) is 20.1 Å². The van der Waals surface area contributed by atoms with Crippen LogP contribution in [0.15, 0.2) is 16.3 Å². The number of nitrogens with one attached hydrogen (secondary N) is 1. The monoisotopic (exact) mass is 318 g/mol. The molecule has 2 heterocycles. The highest BCUT2D eigenvalue weighted by Crippen LogP contribution is 2.23. The zero-order chi connectivity index (χ0) is 14.8. The molecule has 1 aliphatic heterocycles. The number of piperidine rings is 1. The summed E-state index contributed by atoms with van der Waals surface area (Å²) < 4.78 is 27.3. The van der Waals surface area contributed by atoms with E-state index in [2.05, 4.69) is 9.62 Å². The first-order valence-corrected chi connectivity index (χ1v) is 8.68. The van der Waals surface area contributed by atoms with Gasteiger partial charge in [-0.3, -0.25) is 4.79 Å². The van der Waals surface area contributed by atoms with Gasteiger partial charge in [0.1, 0.15) is 4.21 Å². The molecule has 1 aromatic rings. The summed E-state index contributed by atoms with van der Waals surface area (Å²) in [4.78, 5) is 13.3. The molecule has 1 fully saturated rings. The molecule has 0 unspecified atom stereocenters. The van der Waals surface area contributed by atoms with Crippen molar-refractivity contribution in [1.29, 1.82) is 0 Å². The van der Waals surface area contributed by atoms with Crippen molar-refractivity contribution < 1.29 is 18.3 Å². The second-order valence-corrected chi connectivity index (χ2v) is 8.10. The first-order valence-electron chi connectivity index (χ1n) is 6.38. The number of nitrogens with zero attached hydrogens (tertiary/aromatic N) is 1. The number of carbonyl (C=O) groups is 1. The van der Waals surface area contributed by atoms with E-state index in [1.807, 2.05) is 7.05 Å². The molecule has 0 saturated carbocycles. The third-order valence-electron chi connectivity index (χ3n) is 3.27. The molecule has 1 saturated heterocycles.